The van der Waals surface area contributed by atoms with Gasteiger partial charge in [-0.1, -0.05) is 0 Å². The van der Waals surface area contributed by atoms with E-state index in [-0.39, 0.29) is 11.9 Å². The molecule has 0 aromatic heterocycles. The lowest BCUT2D eigenvalue weighted by atomic mass is 10.3. The molecule has 70 valence electrons. The summed E-state index contributed by atoms with van der Waals surface area (Å²) in [6.07, 6.45) is 1.02. The molecule has 1 rings (SSSR count). The highest BCUT2D eigenvalue weighted by Gasteiger charge is 2.25. The van der Waals surface area contributed by atoms with Crippen LogP contribution in [0, 0.1) is 0 Å². The molecule has 12 heavy (non-hydrogen) atoms. The summed E-state index contributed by atoms with van der Waals surface area (Å²) in [6.45, 7) is 4.04. The van der Waals surface area contributed by atoms with Crippen LogP contribution in [0.1, 0.15) is 13.3 Å². The summed E-state index contributed by atoms with van der Waals surface area (Å²) in [7, 11) is 1.97. The van der Waals surface area contributed by atoms with E-state index in [2.05, 4.69) is 4.90 Å². The van der Waals surface area contributed by atoms with Gasteiger partial charge in [-0.3, -0.25) is 9.69 Å². The Balaban J connectivity index is 2.66. The van der Waals surface area contributed by atoms with E-state index in [1.807, 2.05) is 14.0 Å². The maximum Gasteiger partial charge on any atom is 0.240 e. The third-order valence-electron chi connectivity index (χ3n) is 2.49. The van der Waals surface area contributed by atoms with E-state index >= 15 is 0 Å². The van der Waals surface area contributed by atoms with Crippen molar-refractivity contribution in [3.05, 3.63) is 0 Å². The van der Waals surface area contributed by atoms with E-state index in [0.29, 0.717) is 6.67 Å². The molecular formula is C8H17N3O. The Hall–Kier alpha value is -0.610. The van der Waals surface area contributed by atoms with Gasteiger partial charge in [0.25, 0.3) is 0 Å². The quantitative estimate of drug-likeness (QED) is 0.576. The highest BCUT2D eigenvalue weighted by atomic mass is 16.2. The normalized spacial score (nSPS) is 27.4. The number of nitrogens with two attached hydrogens (primary N) is 1. The van der Waals surface area contributed by atoms with Crippen molar-refractivity contribution in [1.82, 2.24) is 9.80 Å². The fourth-order valence-electron chi connectivity index (χ4n) is 1.45. The largest absolute Gasteiger partial charge is 0.329 e. The topological polar surface area (TPSA) is 49.6 Å². The Kier molecular flexibility index (Phi) is 3.05. The monoisotopic (exact) mass is 171 g/mol. The van der Waals surface area contributed by atoms with E-state index in [1.165, 1.54) is 0 Å². The second kappa shape index (κ2) is 3.87. The zero-order chi connectivity index (χ0) is 9.14. The van der Waals surface area contributed by atoms with Crippen molar-refractivity contribution in [3.8, 4) is 0 Å². The number of rotatable bonds is 1. The zero-order valence-corrected chi connectivity index (χ0v) is 7.79. The Morgan fingerprint density at radius 1 is 1.58 bits per heavy atom. The standard InChI is InChI=1S/C8H17N3O/c1-7-8(12)11(6-9)5-3-4-10(7)2/h7H,3-6,9H2,1-2H3. The van der Waals surface area contributed by atoms with Crippen LogP contribution in [0.15, 0.2) is 0 Å². The van der Waals surface area contributed by atoms with Crippen LogP contribution in [0.3, 0.4) is 0 Å². The van der Waals surface area contributed by atoms with E-state index in [1.54, 1.807) is 4.90 Å². The first-order valence-electron chi connectivity index (χ1n) is 4.36. The fourth-order valence-corrected chi connectivity index (χ4v) is 1.45. The molecule has 0 aliphatic carbocycles. The molecule has 1 heterocycles. The molecule has 4 nitrogen and oxygen atoms in total. The van der Waals surface area contributed by atoms with Gasteiger partial charge in [-0.2, -0.15) is 0 Å². The zero-order valence-electron chi connectivity index (χ0n) is 7.79. The summed E-state index contributed by atoms with van der Waals surface area (Å²) in [5, 5.41) is 0. The molecule has 1 atom stereocenters. The molecule has 1 aliphatic rings. The second-order valence-electron chi connectivity index (χ2n) is 3.29. The lowest BCUT2D eigenvalue weighted by molar-refractivity contribution is -0.134. The molecule has 1 aliphatic heterocycles. The predicted octanol–water partition coefficient (Wildman–Crippen LogP) is -0.545. The van der Waals surface area contributed by atoms with Crippen molar-refractivity contribution in [3.63, 3.8) is 0 Å². The van der Waals surface area contributed by atoms with Crippen molar-refractivity contribution in [2.45, 2.75) is 19.4 Å². The van der Waals surface area contributed by atoms with Gasteiger partial charge in [0.15, 0.2) is 0 Å². The molecule has 1 fully saturated rings. The summed E-state index contributed by atoms with van der Waals surface area (Å²) in [6, 6.07) is -0.0175. The molecule has 0 aromatic carbocycles. The van der Waals surface area contributed by atoms with Crippen LogP contribution >= 0.6 is 0 Å². The molecule has 4 heteroatoms. The summed E-state index contributed by atoms with van der Waals surface area (Å²) in [5.41, 5.74) is 5.46. The van der Waals surface area contributed by atoms with Gasteiger partial charge < -0.3 is 10.6 Å². The molecule has 0 spiro atoms. The first kappa shape index (κ1) is 9.48. The molecule has 0 aromatic rings. The Labute approximate surface area is 73.3 Å². The molecule has 0 radical (unpaired) electrons. The van der Waals surface area contributed by atoms with Crippen LogP contribution in [0.5, 0.6) is 0 Å². The van der Waals surface area contributed by atoms with Crippen LogP contribution in [-0.4, -0.2) is 48.6 Å². The number of likely N-dealkylation sites (N-methyl/N-ethyl adjacent to an activating group) is 1. The Morgan fingerprint density at radius 2 is 2.25 bits per heavy atom. The predicted molar refractivity (Wildman–Crippen MR) is 47.5 cm³/mol. The van der Waals surface area contributed by atoms with Crippen LogP contribution in [-0.2, 0) is 4.79 Å². The van der Waals surface area contributed by atoms with Gasteiger partial charge in [-0.05, 0) is 20.4 Å². The number of nitrogens with zero attached hydrogens (tertiary/aromatic N) is 2. The first-order chi connectivity index (χ1) is 5.66. The molecule has 1 saturated heterocycles. The van der Waals surface area contributed by atoms with Crippen LogP contribution in [0.25, 0.3) is 0 Å². The average molecular weight is 171 g/mol. The summed E-state index contributed by atoms with van der Waals surface area (Å²) >= 11 is 0. The van der Waals surface area contributed by atoms with Gasteiger partial charge in [0.2, 0.25) is 5.91 Å². The van der Waals surface area contributed by atoms with Crippen molar-refractivity contribution in [2.24, 2.45) is 5.73 Å². The summed E-state index contributed by atoms with van der Waals surface area (Å²) in [5.74, 6) is 0.150. The lowest BCUT2D eigenvalue weighted by Crippen LogP contribution is -2.44. The number of carbonyl (C=O) groups is 1. The van der Waals surface area contributed by atoms with Crippen molar-refractivity contribution in [1.29, 1.82) is 0 Å². The molecule has 2 N–H and O–H groups in total. The molecule has 0 bridgehead atoms. The molecular weight excluding hydrogens is 154 g/mol. The van der Waals surface area contributed by atoms with E-state index in [9.17, 15) is 4.79 Å². The van der Waals surface area contributed by atoms with Crippen LogP contribution in [0.2, 0.25) is 0 Å². The Bertz CT molecular complexity index is 168. The minimum absolute atomic E-state index is 0.0175. The van der Waals surface area contributed by atoms with Crippen LogP contribution in [0.4, 0.5) is 0 Å². The highest BCUT2D eigenvalue weighted by molar-refractivity contribution is 5.81. The van der Waals surface area contributed by atoms with Gasteiger partial charge >= 0.3 is 0 Å². The Morgan fingerprint density at radius 3 is 2.83 bits per heavy atom. The van der Waals surface area contributed by atoms with E-state index in [0.717, 1.165) is 19.5 Å². The van der Waals surface area contributed by atoms with Gasteiger partial charge in [0.05, 0.1) is 12.7 Å². The van der Waals surface area contributed by atoms with Gasteiger partial charge in [0.1, 0.15) is 0 Å². The minimum Gasteiger partial charge on any atom is -0.329 e. The maximum absolute atomic E-state index is 11.6. The smallest absolute Gasteiger partial charge is 0.240 e. The van der Waals surface area contributed by atoms with Gasteiger partial charge in [0, 0.05) is 13.1 Å². The van der Waals surface area contributed by atoms with Gasteiger partial charge in [-0.15, -0.1) is 0 Å². The number of carbonyl (C=O) groups excluding carboxylic acids is 1. The van der Waals surface area contributed by atoms with E-state index in [4.69, 9.17) is 5.73 Å². The average Bonchev–Trinajstić information content (AvgIpc) is 2.19. The third-order valence-corrected chi connectivity index (χ3v) is 2.49. The highest BCUT2D eigenvalue weighted by Crippen LogP contribution is 2.07. The van der Waals surface area contributed by atoms with Gasteiger partial charge in [-0.25, -0.2) is 0 Å². The van der Waals surface area contributed by atoms with Crippen LogP contribution < -0.4 is 5.73 Å². The van der Waals surface area contributed by atoms with Crippen molar-refractivity contribution in [2.75, 3.05) is 26.8 Å². The SMILES string of the molecule is CC1C(=O)N(CN)CCCN1C. The molecule has 1 unspecified atom stereocenters. The molecule has 1 amide bonds. The minimum atomic E-state index is -0.0175. The lowest BCUT2D eigenvalue weighted by Gasteiger charge is -2.23. The number of hydrogen-bond donors (Lipinski definition) is 1. The number of amides is 1. The fraction of sp³-hybridized carbons (Fsp3) is 0.875. The molecule has 0 saturated carbocycles. The maximum atomic E-state index is 11.6. The third kappa shape index (κ3) is 1.76. The van der Waals surface area contributed by atoms with E-state index < -0.39 is 0 Å². The summed E-state index contributed by atoms with van der Waals surface area (Å²) < 4.78 is 0. The summed E-state index contributed by atoms with van der Waals surface area (Å²) in [4.78, 5) is 15.4. The van der Waals surface area contributed by atoms with Crippen molar-refractivity contribution < 1.29 is 4.79 Å². The first-order valence-corrected chi connectivity index (χ1v) is 4.36. The van der Waals surface area contributed by atoms with Crippen molar-refractivity contribution >= 4 is 5.91 Å². The second-order valence-corrected chi connectivity index (χ2v) is 3.29. The number of hydrogen-bond acceptors (Lipinski definition) is 3.